The van der Waals surface area contributed by atoms with E-state index in [1.807, 2.05) is 38.1 Å². The first-order valence-electron chi connectivity index (χ1n) is 10.4. The van der Waals surface area contributed by atoms with Gasteiger partial charge in [0.15, 0.2) is 0 Å². The summed E-state index contributed by atoms with van der Waals surface area (Å²) in [5, 5.41) is 14.9. The summed E-state index contributed by atoms with van der Waals surface area (Å²) in [5.74, 6) is 0.0124. The number of hydrogen-bond acceptors (Lipinski definition) is 6. The Morgan fingerprint density at radius 3 is 2.73 bits per heavy atom. The largest absolute Gasteiger partial charge is 0.394 e. The third-order valence-corrected chi connectivity index (χ3v) is 5.78. The molecule has 3 aromatic rings. The molecule has 1 aromatic carbocycles. The summed E-state index contributed by atoms with van der Waals surface area (Å²) in [6.07, 6.45) is 4.81. The van der Waals surface area contributed by atoms with Crippen LogP contribution in [0.1, 0.15) is 60.3 Å². The number of primary amides is 1. The topological polar surface area (TPSA) is 116 Å². The van der Waals surface area contributed by atoms with Crippen LogP contribution in [0.2, 0.25) is 0 Å². The van der Waals surface area contributed by atoms with Crippen molar-refractivity contribution >= 4 is 16.8 Å². The number of aliphatic hydroxyl groups excluding tert-OH is 1. The van der Waals surface area contributed by atoms with Gasteiger partial charge in [0.25, 0.3) is 11.9 Å². The number of nitrogens with zero attached hydrogens (tertiary/aromatic N) is 4. The van der Waals surface area contributed by atoms with Crippen molar-refractivity contribution in [3.8, 4) is 5.95 Å². The molecule has 1 saturated carbocycles. The number of fused-ring (bicyclic) bond motifs is 1. The van der Waals surface area contributed by atoms with E-state index in [0.717, 1.165) is 42.3 Å². The van der Waals surface area contributed by atoms with Crippen LogP contribution in [-0.4, -0.2) is 49.6 Å². The molecule has 30 heavy (non-hydrogen) atoms. The molecule has 0 spiro atoms. The Morgan fingerprint density at radius 2 is 2.03 bits per heavy atom. The van der Waals surface area contributed by atoms with E-state index >= 15 is 0 Å². The predicted molar refractivity (Wildman–Crippen MR) is 113 cm³/mol. The van der Waals surface area contributed by atoms with E-state index in [4.69, 9.17) is 15.5 Å². The molecule has 2 heterocycles. The van der Waals surface area contributed by atoms with Crippen LogP contribution < -0.4 is 5.73 Å². The molecule has 0 unspecified atom stereocenters. The van der Waals surface area contributed by atoms with Gasteiger partial charge in [0.05, 0.1) is 41.3 Å². The van der Waals surface area contributed by atoms with Crippen LogP contribution in [-0.2, 0) is 4.74 Å². The highest BCUT2D eigenvalue weighted by atomic mass is 16.5. The number of hydrogen-bond donors (Lipinski definition) is 2. The van der Waals surface area contributed by atoms with Crippen molar-refractivity contribution in [1.29, 1.82) is 0 Å². The molecule has 0 saturated heterocycles. The molecular formula is C22H27N5O3. The molecule has 3 N–H and O–H groups in total. The van der Waals surface area contributed by atoms with Gasteiger partial charge < -0.3 is 15.6 Å². The zero-order chi connectivity index (χ0) is 21.3. The molecule has 1 atom stereocenters. The Labute approximate surface area is 175 Å². The molecule has 158 valence electrons. The number of aliphatic hydroxyl groups is 1. The molecule has 1 aliphatic carbocycles. The highest BCUT2D eigenvalue weighted by molar-refractivity contribution is 5.93. The van der Waals surface area contributed by atoms with Crippen molar-refractivity contribution in [3.63, 3.8) is 0 Å². The van der Waals surface area contributed by atoms with Crippen molar-refractivity contribution in [3.05, 3.63) is 47.4 Å². The predicted octanol–water partition coefficient (Wildman–Crippen LogP) is 2.65. The maximum atomic E-state index is 12.0. The summed E-state index contributed by atoms with van der Waals surface area (Å²) in [5.41, 5.74) is 8.48. The fourth-order valence-electron chi connectivity index (χ4n) is 4.21. The summed E-state index contributed by atoms with van der Waals surface area (Å²) in [7, 11) is 0. The molecule has 8 nitrogen and oxygen atoms in total. The van der Waals surface area contributed by atoms with E-state index in [-0.39, 0.29) is 24.7 Å². The first-order chi connectivity index (χ1) is 14.5. The second kappa shape index (κ2) is 8.49. The lowest BCUT2D eigenvalue weighted by molar-refractivity contribution is -0.0459. The fourth-order valence-corrected chi connectivity index (χ4v) is 4.21. The van der Waals surface area contributed by atoms with Gasteiger partial charge in [-0.15, -0.1) is 0 Å². The molecule has 0 aliphatic heterocycles. The van der Waals surface area contributed by atoms with Crippen LogP contribution in [0.15, 0.2) is 30.5 Å². The summed E-state index contributed by atoms with van der Waals surface area (Å²) >= 11 is 0. The summed E-state index contributed by atoms with van der Waals surface area (Å²) in [6, 6.07) is 7.92. The number of aryl methyl sites for hydroxylation is 1. The van der Waals surface area contributed by atoms with Gasteiger partial charge in [-0.05, 0) is 45.6 Å². The smallest absolute Gasteiger partial charge is 0.252 e. The van der Waals surface area contributed by atoms with Crippen molar-refractivity contribution in [2.75, 3.05) is 6.61 Å². The van der Waals surface area contributed by atoms with Crippen LogP contribution in [0.3, 0.4) is 0 Å². The number of carbonyl (C=O) groups excluding carboxylic acids is 1. The zero-order valence-corrected chi connectivity index (χ0v) is 17.3. The third kappa shape index (κ3) is 3.93. The number of para-hydroxylation sites is 1. The highest BCUT2D eigenvalue weighted by Gasteiger charge is 2.28. The fraction of sp³-hybridized carbons (Fsp3) is 0.455. The lowest BCUT2D eigenvalue weighted by atomic mass is 9.83. The van der Waals surface area contributed by atoms with Gasteiger partial charge in [-0.3, -0.25) is 4.79 Å². The average Bonchev–Trinajstić information content (AvgIpc) is 3.10. The van der Waals surface area contributed by atoms with Gasteiger partial charge in [-0.25, -0.2) is 9.97 Å². The molecule has 0 radical (unpaired) electrons. The highest BCUT2D eigenvalue weighted by Crippen LogP contribution is 2.35. The maximum Gasteiger partial charge on any atom is 0.252 e. The zero-order valence-electron chi connectivity index (χ0n) is 17.3. The van der Waals surface area contributed by atoms with Crippen LogP contribution in [0, 0.1) is 6.92 Å². The number of ether oxygens (including phenoxy) is 1. The SMILES string of the molecule is Cc1nn(-c2ncc(C(N)=O)c(C3CCC(O[C@@H](C)CO)CC3)n2)c2ccccc12. The minimum atomic E-state index is -0.523. The number of benzene rings is 1. The number of aromatic nitrogens is 4. The van der Waals surface area contributed by atoms with Gasteiger partial charge in [0.1, 0.15) is 0 Å². The van der Waals surface area contributed by atoms with E-state index in [2.05, 4.69) is 10.1 Å². The number of carbonyl (C=O) groups is 1. The van der Waals surface area contributed by atoms with Crippen LogP contribution in [0.5, 0.6) is 0 Å². The number of nitrogens with two attached hydrogens (primary N) is 1. The molecule has 2 aromatic heterocycles. The van der Waals surface area contributed by atoms with E-state index in [1.54, 1.807) is 4.68 Å². The van der Waals surface area contributed by atoms with Crippen molar-refractivity contribution in [1.82, 2.24) is 19.7 Å². The van der Waals surface area contributed by atoms with Gasteiger partial charge >= 0.3 is 0 Å². The Kier molecular flexibility index (Phi) is 5.78. The van der Waals surface area contributed by atoms with E-state index < -0.39 is 5.91 Å². The summed E-state index contributed by atoms with van der Waals surface area (Å²) in [6.45, 7) is 3.83. The molecule has 1 aliphatic rings. The van der Waals surface area contributed by atoms with E-state index in [0.29, 0.717) is 17.2 Å². The monoisotopic (exact) mass is 409 g/mol. The van der Waals surface area contributed by atoms with Crippen molar-refractivity contribution in [2.24, 2.45) is 5.73 Å². The molecule has 1 fully saturated rings. The second-order valence-corrected chi connectivity index (χ2v) is 7.95. The first-order valence-corrected chi connectivity index (χ1v) is 10.4. The summed E-state index contributed by atoms with van der Waals surface area (Å²) in [4.78, 5) is 21.2. The summed E-state index contributed by atoms with van der Waals surface area (Å²) < 4.78 is 7.58. The van der Waals surface area contributed by atoms with Gasteiger partial charge in [0, 0.05) is 17.5 Å². The third-order valence-electron chi connectivity index (χ3n) is 5.78. The molecule has 4 rings (SSSR count). The number of rotatable bonds is 6. The lowest BCUT2D eigenvalue weighted by Crippen LogP contribution is -2.28. The lowest BCUT2D eigenvalue weighted by Gasteiger charge is -2.30. The Balaban J connectivity index is 1.65. The van der Waals surface area contributed by atoms with Crippen LogP contribution in [0.25, 0.3) is 16.9 Å². The Bertz CT molecular complexity index is 1060. The minimum absolute atomic E-state index is 0.0122. The van der Waals surface area contributed by atoms with Crippen molar-refractivity contribution < 1.29 is 14.6 Å². The molecule has 1 amide bonds. The van der Waals surface area contributed by atoms with Crippen molar-refractivity contribution in [2.45, 2.75) is 57.7 Å². The molecule has 0 bridgehead atoms. The molecule has 8 heteroatoms. The average molecular weight is 409 g/mol. The Hall–Kier alpha value is -2.84. The first kappa shape index (κ1) is 20.4. The number of amides is 1. The standard InChI is InChI=1S/C22H27N5O3/c1-13(12-28)30-16-9-7-15(8-10-16)20-18(21(23)29)11-24-22(25-20)27-19-6-4-3-5-17(19)14(2)26-27/h3-6,11,13,15-16,28H,7-10,12H2,1-2H3,(H2,23,29)/t13-,15?,16?/m0/s1. The van der Waals surface area contributed by atoms with Gasteiger partial charge in [0.2, 0.25) is 0 Å². The van der Waals surface area contributed by atoms with E-state index in [1.165, 1.54) is 6.20 Å². The van der Waals surface area contributed by atoms with Gasteiger partial charge in [-0.2, -0.15) is 9.78 Å². The minimum Gasteiger partial charge on any atom is -0.394 e. The normalized spacial score (nSPS) is 20.4. The Morgan fingerprint density at radius 1 is 1.30 bits per heavy atom. The van der Waals surface area contributed by atoms with Crippen LogP contribution >= 0.6 is 0 Å². The second-order valence-electron chi connectivity index (χ2n) is 7.95. The quantitative estimate of drug-likeness (QED) is 0.646. The molecular weight excluding hydrogens is 382 g/mol. The van der Waals surface area contributed by atoms with Crippen LogP contribution in [0.4, 0.5) is 0 Å². The van der Waals surface area contributed by atoms with E-state index in [9.17, 15) is 9.90 Å². The maximum absolute atomic E-state index is 12.0. The van der Waals surface area contributed by atoms with Gasteiger partial charge in [-0.1, -0.05) is 18.2 Å².